The van der Waals surface area contributed by atoms with Crippen molar-refractivity contribution in [3.05, 3.63) is 59.1 Å². The molecule has 1 aromatic heterocycles. The summed E-state index contributed by atoms with van der Waals surface area (Å²) in [7, 11) is 0. The highest BCUT2D eigenvalue weighted by molar-refractivity contribution is 7.18. The summed E-state index contributed by atoms with van der Waals surface area (Å²) in [6.07, 6.45) is 0.776. The fraction of sp³-hybridized carbons (Fsp3) is 0.222. The van der Waals surface area contributed by atoms with E-state index in [1.54, 1.807) is 11.3 Å². The van der Waals surface area contributed by atoms with Crippen LogP contribution in [0.25, 0.3) is 10.2 Å². The molecule has 3 rings (SSSR count). The van der Waals surface area contributed by atoms with Crippen molar-refractivity contribution in [2.45, 2.75) is 26.2 Å². The molecular formula is C18H18N2OS. The van der Waals surface area contributed by atoms with Gasteiger partial charge in [-0.1, -0.05) is 37.3 Å². The average Bonchev–Trinajstić information content (AvgIpc) is 2.88. The summed E-state index contributed by atoms with van der Waals surface area (Å²) < 4.78 is 1.10. The maximum absolute atomic E-state index is 12.6. The van der Waals surface area contributed by atoms with Gasteiger partial charge in [-0.15, -0.1) is 11.3 Å². The number of nitrogens with zero attached hydrogens (tertiary/aromatic N) is 1. The van der Waals surface area contributed by atoms with Crippen LogP contribution in [0.1, 0.15) is 29.8 Å². The van der Waals surface area contributed by atoms with Gasteiger partial charge in [0.2, 0.25) is 5.91 Å². The van der Waals surface area contributed by atoms with Crippen LogP contribution < -0.4 is 5.32 Å². The van der Waals surface area contributed by atoms with Crippen LogP contribution in [0, 0.1) is 6.92 Å². The Labute approximate surface area is 134 Å². The van der Waals surface area contributed by atoms with Crippen molar-refractivity contribution in [1.29, 1.82) is 0 Å². The molecule has 4 heteroatoms. The first kappa shape index (κ1) is 14.7. The fourth-order valence-electron chi connectivity index (χ4n) is 2.60. The Morgan fingerprint density at radius 2 is 2.00 bits per heavy atom. The van der Waals surface area contributed by atoms with Crippen molar-refractivity contribution >= 4 is 33.1 Å². The van der Waals surface area contributed by atoms with Gasteiger partial charge in [0.1, 0.15) is 0 Å². The Morgan fingerprint density at radius 1 is 1.23 bits per heavy atom. The molecule has 2 aromatic carbocycles. The Hall–Kier alpha value is -2.20. The third kappa shape index (κ3) is 3.02. The quantitative estimate of drug-likeness (QED) is 0.756. The minimum Gasteiger partial charge on any atom is -0.326 e. The zero-order valence-corrected chi connectivity index (χ0v) is 13.5. The number of anilines is 1. The molecule has 1 atom stereocenters. The van der Waals surface area contributed by atoms with Crippen molar-refractivity contribution < 1.29 is 4.79 Å². The molecule has 1 heterocycles. The van der Waals surface area contributed by atoms with Gasteiger partial charge >= 0.3 is 0 Å². The summed E-state index contributed by atoms with van der Waals surface area (Å²) in [4.78, 5) is 17.0. The van der Waals surface area contributed by atoms with E-state index in [-0.39, 0.29) is 11.8 Å². The standard InChI is InChI=1S/C18H18N2OS/c1-3-15(13-7-5-4-6-8-13)18(21)20-14-9-10-16-17(11-14)22-12(2)19-16/h4-11,15H,3H2,1-2H3,(H,20,21). The molecule has 0 radical (unpaired) electrons. The van der Waals surface area contributed by atoms with Crippen molar-refractivity contribution in [2.24, 2.45) is 0 Å². The molecule has 112 valence electrons. The van der Waals surface area contributed by atoms with E-state index in [9.17, 15) is 4.79 Å². The Balaban J connectivity index is 1.82. The molecule has 3 aromatic rings. The molecule has 0 aliphatic carbocycles. The van der Waals surface area contributed by atoms with Gasteiger partial charge in [-0.25, -0.2) is 4.98 Å². The van der Waals surface area contributed by atoms with Gasteiger partial charge in [0.15, 0.2) is 0 Å². The Bertz CT molecular complexity index is 795. The number of carbonyl (C=O) groups excluding carboxylic acids is 1. The summed E-state index contributed by atoms with van der Waals surface area (Å²) in [5, 5.41) is 4.07. The predicted molar refractivity (Wildman–Crippen MR) is 92.5 cm³/mol. The number of thiazole rings is 1. The maximum Gasteiger partial charge on any atom is 0.231 e. The highest BCUT2D eigenvalue weighted by Gasteiger charge is 2.18. The second-order valence-electron chi connectivity index (χ2n) is 5.28. The molecule has 0 saturated heterocycles. The third-order valence-corrected chi connectivity index (χ3v) is 4.62. The number of aryl methyl sites for hydroxylation is 1. The molecule has 0 aliphatic heterocycles. The zero-order chi connectivity index (χ0) is 15.5. The van der Waals surface area contributed by atoms with Gasteiger partial charge in [0.25, 0.3) is 0 Å². The number of nitrogens with one attached hydrogen (secondary N) is 1. The molecule has 1 N–H and O–H groups in total. The predicted octanol–water partition coefficient (Wildman–Crippen LogP) is 4.74. The van der Waals surface area contributed by atoms with Gasteiger partial charge in [-0.05, 0) is 37.1 Å². The van der Waals surface area contributed by atoms with Gasteiger partial charge in [0.05, 0.1) is 21.1 Å². The van der Waals surface area contributed by atoms with Crippen LogP contribution >= 0.6 is 11.3 Å². The second-order valence-corrected chi connectivity index (χ2v) is 6.51. The van der Waals surface area contributed by atoms with Crippen LogP contribution in [0.5, 0.6) is 0 Å². The van der Waals surface area contributed by atoms with Crippen LogP contribution in [-0.2, 0) is 4.79 Å². The first-order chi connectivity index (χ1) is 10.7. The minimum absolute atomic E-state index is 0.0364. The molecule has 22 heavy (non-hydrogen) atoms. The van der Waals surface area contributed by atoms with E-state index in [1.807, 2.05) is 62.4 Å². The van der Waals surface area contributed by atoms with Gasteiger partial charge in [-0.3, -0.25) is 4.79 Å². The highest BCUT2D eigenvalue weighted by atomic mass is 32.1. The van der Waals surface area contributed by atoms with E-state index in [0.717, 1.165) is 32.9 Å². The van der Waals surface area contributed by atoms with E-state index in [2.05, 4.69) is 10.3 Å². The highest BCUT2D eigenvalue weighted by Crippen LogP contribution is 2.26. The number of hydrogen-bond donors (Lipinski definition) is 1. The summed E-state index contributed by atoms with van der Waals surface area (Å²) >= 11 is 1.64. The Morgan fingerprint density at radius 3 is 2.73 bits per heavy atom. The number of fused-ring (bicyclic) bond motifs is 1. The van der Waals surface area contributed by atoms with Crippen molar-refractivity contribution in [3.63, 3.8) is 0 Å². The molecule has 3 nitrogen and oxygen atoms in total. The molecular weight excluding hydrogens is 292 g/mol. The van der Waals surface area contributed by atoms with E-state index in [4.69, 9.17) is 0 Å². The van der Waals surface area contributed by atoms with E-state index in [1.165, 1.54) is 0 Å². The topological polar surface area (TPSA) is 42.0 Å². The number of hydrogen-bond acceptors (Lipinski definition) is 3. The van der Waals surface area contributed by atoms with Crippen LogP contribution in [0.15, 0.2) is 48.5 Å². The number of carbonyl (C=O) groups is 1. The van der Waals surface area contributed by atoms with Crippen LogP contribution in [0.4, 0.5) is 5.69 Å². The first-order valence-corrected chi connectivity index (χ1v) is 8.22. The van der Waals surface area contributed by atoms with E-state index >= 15 is 0 Å². The molecule has 0 saturated carbocycles. The monoisotopic (exact) mass is 310 g/mol. The molecule has 0 aliphatic rings. The fourth-order valence-corrected chi connectivity index (χ4v) is 3.47. The zero-order valence-electron chi connectivity index (χ0n) is 12.7. The second kappa shape index (κ2) is 6.28. The largest absolute Gasteiger partial charge is 0.326 e. The Kier molecular flexibility index (Phi) is 4.20. The summed E-state index contributed by atoms with van der Waals surface area (Å²) in [6, 6.07) is 15.8. The lowest BCUT2D eigenvalue weighted by Crippen LogP contribution is -2.20. The lowest BCUT2D eigenvalue weighted by atomic mass is 9.95. The summed E-state index contributed by atoms with van der Waals surface area (Å²) in [5.41, 5.74) is 2.86. The van der Waals surface area contributed by atoms with Crippen LogP contribution in [-0.4, -0.2) is 10.9 Å². The van der Waals surface area contributed by atoms with Gasteiger partial charge < -0.3 is 5.32 Å². The van der Waals surface area contributed by atoms with Crippen molar-refractivity contribution in [1.82, 2.24) is 4.98 Å². The number of rotatable bonds is 4. The number of benzene rings is 2. The van der Waals surface area contributed by atoms with Gasteiger partial charge in [-0.2, -0.15) is 0 Å². The number of amides is 1. The maximum atomic E-state index is 12.6. The average molecular weight is 310 g/mol. The number of aromatic nitrogens is 1. The third-order valence-electron chi connectivity index (χ3n) is 3.69. The minimum atomic E-state index is -0.125. The molecule has 1 unspecified atom stereocenters. The lowest BCUT2D eigenvalue weighted by Gasteiger charge is -2.15. The van der Waals surface area contributed by atoms with Crippen molar-refractivity contribution in [3.8, 4) is 0 Å². The van der Waals surface area contributed by atoms with E-state index < -0.39 is 0 Å². The molecule has 0 fully saturated rings. The van der Waals surface area contributed by atoms with Crippen molar-refractivity contribution in [2.75, 3.05) is 5.32 Å². The summed E-state index contributed by atoms with van der Waals surface area (Å²) in [5.74, 6) is -0.0885. The van der Waals surface area contributed by atoms with Gasteiger partial charge in [0, 0.05) is 5.69 Å². The SMILES string of the molecule is CCC(C(=O)Nc1ccc2nc(C)sc2c1)c1ccccc1. The first-order valence-electron chi connectivity index (χ1n) is 7.40. The van der Waals surface area contributed by atoms with Crippen LogP contribution in [0.2, 0.25) is 0 Å². The molecule has 0 bridgehead atoms. The smallest absolute Gasteiger partial charge is 0.231 e. The van der Waals surface area contributed by atoms with E-state index in [0.29, 0.717) is 0 Å². The lowest BCUT2D eigenvalue weighted by molar-refractivity contribution is -0.117. The summed E-state index contributed by atoms with van der Waals surface area (Å²) in [6.45, 7) is 4.03. The molecule has 0 spiro atoms. The normalized spacial score (nSPS) is 12.3. The van der Waals surface area contributed by atoms with Crippen LogP contribution in [0.3, 0.4) is 0 Å². The molecule has 1 amide bonds.